The summed E-state index contributed by atoms with van der Waals surface area (Å²) in [5.74, 6) is 1.08. The molecule has 0 radical (unpaired) electrons. The minimum atomic E-state index is -0.316. The molecule has 0 unspecified atom stereocenters. The van der Waals surface area contributed by atoms with Crippen molar-refractivity contribution in [3.05, 3.63) is 59.5 Å². The zero-order chi connectivity index (χ0) is 19.7. The van der Waals surface area contributed by atoms with Gasteiger partial charge in [0.2, 0.25) is 0 Å². The van der Waals surface area contributed by atoms with Crippen molar-refractivity contribution in [2.45, 2.75) is 20.8 Å². The molecule has 1 aliphatic heterocycles. The number of fused-ring (bicyclic) bond motifs is 2. The van der Waals surface area contributed by atoms with Crippen LogP contribution in [-0.2, 0) is 0 Å². The van der Waals surface area contributed by atoms with Crippen molar-refractivity contribution in [1.82, 2.24) is 14.8 Å². The van der Waals surface area contributed by atoms with Gasteiger partial charge in [0.15, 0.2) is 11.5 Å². The van der Waals surface area contributed by atoms with Crippen LogP contribution in [0.3, 0.4) is 0 Å². The van der Waals surface area contributed by atoms with Crippen molar-refractivity contribution < 1.29 is 14.3 Å². The molecule has 0 bridgehead atoms. The molecule has 2 aromatic heterocycles. The fourth-order valence-corrected chi connectivity index (χ4v) is 3.03. The Morgan fingerprint density at radius 3 is 2.82 bits per heavy atom. The SMILES string of the molecule is Cc1nc2ccccn2c1C(=O)N/N=C\c1ccc2c(c1)OCC(C)(C)CO2. The van der Waals surface area contributed by atoms with Crippen LogP contribution in [0, 0.1) is 12.3 Å². The largest absolute Gasteiger partial charge is 0.489 e. The number of ether oxygens (including phenoxy) is 2. The van der Waals surface area contributed by atoms with Crippen molar-refractivity contribution in [1.29, 1.82) is 0 Å². The molecule has 3 heterocycles. The van der Waals surface area contributed by atoms with Crippen LogP contribution in [0.4, 0.5) is 0 Å². The minimum absolute atomic E-state index is 0.0485. The van der Waals surface area contributed by atoms with Gasteiger partial charge in [0.25, 0.3) is 5.91 Å². The number of rotatable bonds is 3. The van der Waals surface area contributed by atoms with Gasteiger partial charge in [0, 0.05) is 11.6 Å². The average Bonchev–Trinajstić information content (AvgIpc) is 2.92. The van der Waals surface area contributed by atoms with Crippen LogP contribution < -0.4 is 14.9 Å². The highest BCUT2D eigenvalue weighted by atomic mass is 16.5. The first-order chi connectivity index (χ1) is 13.4. The van der Waals surface area contributed by atoms with Crippen molar-refractivity contribution in [2.24, 2.45) is 10.5 Å². The van der Waals surface area contributed by atoms with E-state index in [0.717, 1.165) is 11.2 Å². The summed E-state index contributed by atoms with van der Waals surface area (Å²) in [6, 6.07) is 11.2. The molecular formula is C21H22N4O3. The van der Waals surface area contributed by atoms with E-state index in [0.29, 0.717) is 36.1 Å². The number of aryl methyl sites for hydroxylation is 1. The summed E-state index contributed by atoms with van der Waals surface area (Å²) in [7, 11) is 0. The Morgan fingerprint density at radius 1 is 1.21 bits per heavy atom. The van der Waals surface area contributed by atoms with Gasteiger partial charge in [-0.2, -0.15) is 5.10 Å². The van der Waals surface area contributed by atoms with Crippen molar-refractivity contribution in [3.8, 4) is 11.5 Å². The molecule has 0 fully saturated rings. The van der Waals surface area contributed by atoms with Gasteiger partial charge in [-0.25, -0.2) is 10.4 Å². The lowest BCUT2D eigenvalue weighted by atomic mass is 9.97. The summed E-state index contributed by atoms with van der Waals surface area (Å²) in [4.78, 5) is 16.9. The average molecular weight is 378 g/mol. The first-order valence-electron chi connectivity index (χ1n) is 9.10. The second kappa shape index (κ2) is 6.99. The standard InChI is InChI=1S/C21H22N4O3/c1-14-19(25-9-5-4-6-18(25)23-14)20(26)24-22-11-15-7-8-16-17(10-15)28-13-21(2,3)12-27-16/h4-11H,12-13H2,1-3H3,(H,24,26)/b22-11-. The van der Waals surface area contributed by atoms with Gasteiger partial charge < -0.3 is 9.47 Å². The van der Waals surface area contributed by atoms with Crippen molar-refractivity contribution in [3.63, 3.8) is 0 Å². The van der Waals surface area contributed by atoms with Crippen molar-refractivity contribution in [2.75, 3.05) is 13.2 Å². The molecule has 1 amide bonds. The zero-order valence-corrected chi connectivity index (χ0v) is 16.1. The van der Waals surface area contributed by atoms with E-state index in [4.69, 9.17) is 9.47 Å². The summed E-state index contributed by atoms with van der Waals surface area (Å²) in [5, 5.41) is 4.08. The quantitative estimate of drug-likeness (QED) is 0.561. The molecule has 7 nitrogen and oxygen atoms in total. The fourth-order valence-electron chi connectivity index (χ4n) is 3.03. The lowest BCUT2D eigenvalue weighted by Gasteiger charge is -2.19. The summed E-state index contributed by atoms with van der Waals surface area (Å²) < 4.78 is 13.4. The maximum atomic E-state index is 12.6. The van der Waals surface area contributed by atoms with E-state index in [1.165, 1.54) is 0 Å². The number of imidazole rings is 1. The number of aromatic nitrogens is 2. The molecule has 144 valence electrons. The van der Waals surface area contributed by atoms with Gasteiger partial charge in [0.1, 0.15) is 11.3 Å². The van der Waals surface area contributed by atoms with E-state index in [2.05, 4.69) is 29.4 Å². The Hall–Kier alpha value is -3.35. The Labute approximate surface area is 163 Å². The second-order valence-corrected chi connectivity index (χ2v) is 7.62. The number of benzene rings is 1. The third-order valence-corrected chi connectivity index (χ3v) is 4.50. The highest BCUT2D eigenvalue weighted by Gasteiger charge is 2.25. The normalized spacial score (nSPS) is 15.5. The van der Waals surface area contributed by atoms with Crippen molar-refractivity contribution >= 4 is 17.8 Å². The molecule has 0 saturated carbocycles. The topological polar surface area (TPSA) is 77.2 Å². The van der Waals surface area contributed by atoms with Crippen LogP contribution in [0.25, 0.3) is 5.65 Å². The molecule has 0 atom stereocenters. The Balaban J connectivity index is 1.49. The van der Waals surface area contributed by atoms with Gasteiger partial charge in [-0.3, -0.25) is 9.20 Å². The number of carbonyl (C=O) groups is 1. The van der Waals surface area contributed by atoms with E-state index in [1.54, 1.807) is 23.7 Å². The number of hydrogen-bond donors (Lipinski definition) is 1. The smallest absolute Gasteiger partial charge is 0.290 e. The lowest BCUT2D eigenvalue weighted by molar-refractivity contribution is 0.0948. The molecule has 7 heteroatoms. The molecule has 0 saturated heterocycles. The number of nitrogens with zero attached hydrogens (tertiary/aromatic N) is 3. The molecule has 4 rings (SSSR count). The molecule has 28 heavy (non-hydrogen) atoms. The number of hydrazone groups is 1. The predicted molar refractivity (Wildman–Crippen MR) is 106 cm³/mol. The minimum Gasteiger partial charge on any atom is -0.489 e. The summed E-state index contributed by atoms with van der Waals surface area (Å²) in [6.45, 7) is 7.17. The van der Waals surface area contributed by atoms with Crippen LogP contribution in [0.2, 0.25) is 0 Å². The third kappa shape index (κ3) is 3.55. The number of carbonyl (C=O) groups excluding carboxylic acids is 1. The van der Waals surface area contributed by atoms with Gasteiger partial charge >= 0.3 is 0 Å². The first-order valence-corrected chi connectivity index (χ1v) is 9.10. The predicted octanol–water partition coefficient (Wildman–Crippen LogP) is 3.20. The van der Waals surface area contributed by atoms with E-state index in [1.807, 2.05) is 36.4 Å². The molecule has 1 aromatic carbocycles. The summed E-state index contributed by atoms with van der Waals surface area (Å²) >= 11 is 0. The maximum absolute atomic E-state index is 12.6. The first kappa shape index (κ1) is 18.0. The number of nitrogens with one attached hydrogen (secondary N) is 1. The second-order valence-electron chi connectivity index (χ2n) is 7.62. The van der Waals surface area contributed by atoms with Gasteiger partial charge in [-0.05, 0) is 42.8 Å². The maximum Gasteiger partial charge on any atom is 0.290 e. The van der Waals surface area contributed by atoms with E-state index < -0.39 is 0 Å². The van der Waals surface area contributed by atoms with Gasteiger partial charge in [-0.15, -0.1) is 0 Å². The highest BCUT2D eigenvalue weighted by Crippen LogP contribution is 2.34. The number of hydrogen-bond acceptors (Lipinski definition) is 5. The summed E-state index contributed by atoms with van der Waals surface area (Å²) in [5.41, 5.74) is 5.16. The van der Waals surface area contributed by atoms with Crippen LogP contribution in [-0.4, -0.2) is 34.7 Å². The Kier molecular flexibility index (Phi) is 4.50. The van der Waals surface area contributed by atoms with Crippen LogP contribution in [0.5, 0.6) is 11.5 Å². The zero-order valence-electron chi connectivity index (χ0n) is 16.1. The fraction of sp³-hybridized carbons (Fsp3) is 0.286. The molecular weight excluding hydrogens is 356 g/mol. The Bertz CT molecular complexity index is 1070. The molecule has 1 aliphatic rings. The number of amides is 1. The third-order valence-electron chi connectivity index (χ3n) is 4.50. The van der Waals surface area contributed by atoms with E-state index in [9.17, 15) is 4.79 Å². The van der Waals surface area contributed by atoms with Crippen LogP contribution in [0.1, 0.15) is 35.6 Å². The molecule has 1 N–H and O–H groups in total. The van der Waals surface area contributed by atoms with Crippen LogP contribution >= 0.6 is 0 Å². The molecule has 0 spiro atoms. The molecule has 0 aliphatic carbocycles. The highest BCUT2D eigenvalue weighted by molar-refractivity contribution is 5.95. The van der Waals surface area contributed by atoms with Crippen LogP contribution in [0.15, 0.2) is 47.7 Å². The Morgan fingerprint density at radius 2 is 2.00 bits per heavy atom. The lowest BCUT2D eigenvalue weighted by Crippen LogP contribution is -2.26. The van der Waals surface area contributed by atoms with E-state index >= 15 is 0 Å². The van der Waals surface area contributed by atoms with Gasteiger partial charge in [-0.1, -0.05) is 19.9 Å². The molecule has 3 aromatic rings. The number of pyridine rings is 1. The monoisotopic (exact) mass is 378 g/mol. The summed E-state index contributed by atoms with van der Waals surface area (Å²) in [6.07, 6.45) is 3.38. The van der Waals surface area contributed by atoms with E-state index in [-0.39, 0.29) is 11.3 Å². The van der Waals surface area contributed by atoms with Gasteiger partial charge in [0.05, 0.1) is 25.1 Å².